The number of allylic oxidation sites excluding steroid dienone is 6. The Kier molecular flexibility index (Phi) is 34.8. The molecule has 4 rings (SSSR count). The molecule has 0 aromatic carbocycles. The van der Waals surface area contributed by atoms with Crippen LogP contribution in [-0.4, -0.2) is 222 Å². The van der Waals surface area contributed by atoms with Crippen LogP contribution < -0.4 is 0 Å². The number of hydrogen-bond donors (Lipinski definition) is 4. The summed E-state index contributed by atoms with van der Waals surface area (Å²) < 4.78 is 63.4. The minimum atomic E-state index is -2.51. The summed E-state index contributed by atoms with van der Waals surface area (Å²) in [4.78, 5) is 73.0. The van der Waals surface area contributed by atoms with Gasteiger partial charge in [0.25, 0.3) is 11.7 Å². The molecule has 85 heavy (non-hydrogen) atoms. The molecule has 2 bridgehead atoms. The van der Waals surface area contributed by atoms with E-state index in [-0.39, 0.29) is 87.7 Å². The van der Waals surface area contributed by atoms with E-state index in [0.29, 0.717) is 129 Å². The van der Waals surface area contributed by atoms with Crippen molar-refractivity contribution >= 4 is 29.2 Å². The number of methoxy groups -OCH3 is 2. The molecule has 1 saturated carbocycles. The van der Waals surface area contributed by atoms with E-state index in [0.717, 1.165) is 5.57 Å². The molecular weight excluding hydrogens is 1100 g/mol. The second-order valence-electron chi connectivity index (χ2n) is 23.6. The summed E-state index contributed by atoms with van der Waals surface area (Å²) in [6.07, 6.45) is 10.3. The van der Waals surface area contributed by atoms with Crippen LogP contribution in [0.1, 0.15) is 126 Å². The molecule has 486 valence electrons. The van der Waals surface area contributed by atoms with Gasteiger partial charge in [-0.1, -0.05) is 71.1 Å². The van der Waals surface area contributed by atoms with Gasteiger partial charge in [-0.05, 0) is 107 Å². The van der Waals surface area contributed by atoms with Crippen LogP contribution in [0.25, 0.3) is 0 Å². The van der Waals surface area contributed by atoms with Gasteiger partial charge in [0.15, 0.2) is 5.78 Å². The van der Waals surface area contributed by atoms with E-state index in [4.69, 9.17) is 57.2 Å². The third-order valence-electron chi connectivity index (χ3n) is 16.8. The lowest BCUT2D eigenvalue weighted by Crippen LogP contribution is -2.61. The van der Waals surface area contributed by atoms with Gasteiger partial charge in [-0.15, -0.1) is 0 Å². The molecular formula is C64H105NO20. The molecule has 3 aliphatic heterocycles. The van der Waals surface area contributed by atoms with Crippen molar-refractivity contribution in [2.24, 2.45) is 35.5 Å². The maximum Gasteiger partial charge on any atom is 0.329 e. The summed E-state index contributed by atoms with van der Waals surface area (Å²) in [5.41, 5.74) is 1.19. The number of fused-ring (bicyclic) bond motifs is 3. The Morgan fingerprint density at radius 2 is 1.32 bits per heavy atom. The number of aliphatic hydroxyl groups is 4. The zero-order chi connectivity index (χ0) is 62.3. The van der Waals surface area contributed by atoms with Gasteiger partial charge in [0.05, 0.1) is 117 Å². The van der Waals surface area contributed by atoms with Gasteiger partial charge in [-0.2, -0.15) is 0 Å². The molecule has 21 nitrogen and oxygen atoms in total. The molecule has 1 amide bonds. The number of piperidine rings is 1. The van der Waals surface area contributed by atoms with Crippen LogP contribution in [0.15, 0.2) is 47.6 Å². The molecule has 3 heterocycles. The average Bonchev–Trinajstić information content (AvgIpc) is 3.66. The van der Waals surface area contributed by atoms with E-state index in [1.165, 1.54) is 12.0 Å². The third-order valence-corrected chi connectivity index (χ3v) is 16.8. The molecule has 0 aromatic heterocycles. The lowest BCUT2D eigenvalue weighted by molar-refractivity contribution is -0.266. The average molecular weight is 1210 g/mol. The van der Waals surface area contributed by atoms with Gasteiger partial charge < -0.3 is 77.4 Å². The van der Waals surface area contributed by atoms with Gasteiger partial charge in [0.1, 0.15) is 30.1 Å². The molecule has 0 spiro atoms. The van der Waals surface area contributed by atoms with Gasteiger partial charge >= 0.3 is 5.97 Å². The van der Waals surface area contributed by atoms with Crippen LogP contribution in [0.3, 0.4) is 0 Å². The molecule has 3 fully saturated rings. The number of amides is 1. The number of carbonyl (C=O) groups is 5. The maximum absolute atomic E-state index is 14.6. The first-order valence-electron chi connectivity index (χ1n) is 31.1. The van der Waals surface area contributed by atoms with E-state index in [1.807, 2.05) is 51.2 Å². The predicted molar refractivity (Wildman–Crippen MR) is 316 cm³/mol. The summed E-state index contributed by atoms with van der Waals surface area (Å²) >= 11 is 0. The first-order valence-corrected chi connectivity index (χ1v) is 31.1. The van der Waals surface area contributed by atoms with Crippen molar-refractivity contribution in [1.29, 1.82) is 0 Å². The number of cyclic esters (lactones) is 1. The Balaban J connectivity index is 1.51. The van der Waals surface area contributed by atoms with E-state index in [9.17, 15) is 39.3 Å². The Hall–Kier alpha value is -3.65. The number of hydrogen-bond acceptors (Lipinski definition) is 20. The predicted octanol–water partition coefficient (Wildman–Crippen LogP) is 5.64. The maximum atomic E-state index is 14.6. The largest absolute Gasteiger partial charge is 0.460 e. The molecule has 0 radical (unpaired) electrons. The van der Waals surface area contributed by atoms with Gasteiger partial charge in [0, 0.05) is 51.4 Å². The van der Waals surface area contributed by atoms with Crippen LogP contribution in [0.4, 0.5) is 0 Å². The number of carbonyl (C=O) groups excluding carboxylic acids is 5. The minimum absolute atomic E-state index is 0.0177. The summed E-state index contributed by atoms with van der Waals surface area (Å²) in [5, 5.41) is 43.1. The van der Waals surface area contributed by atoms with Crippen LogP contribution in [0, 0.1) is 35.5 Å². The molecule has 15 atom stereocenters. The number of Topliss-reactive ketones (excluding diaryl/α,β-unsaturated/α-hetero) is 3. The summed E-state index contributed by atoms with van der Waals surface area (Å²) in [5.74, 6) is -8.41. The summed E-state index contributed by atoms with van der Waals surface area (Å²) in [6.45, 7) is 17.3. The fourth-order valence-electron chi connectivity index (χ4n) is 11.5. The number of ether oxygens (including phenoxy) is 11. The minimum Gasteiger partial charge on any atom is -0.460 e. The zero-order valence-electron chi connectivity index (χ0n) is 52.4. The number of nitrogens with zero attached hydrogens (tertiary/aromatic N) is 1. The van der Waals surface area contributed by atoms with Gasteiger partial charge in [-0.3, -0.25) is 19.2 Å². The fraction of sp³-hybridized carbons (Fsp3) is 0.797. The first kappa shape index (κ1) is 73.8. The highest BCUT2D eigenvalue weighted by Gasteiger charge is 2.53. The Bertz CT molecular complexity index is 2120. The molecule has 0 aromatic rings. The third kappa shape index (κ3) is 25.0. The lowest BCUT2D eigenvalue weighted by Gasteiger charge is -2.43. The molecule has 2 saturated heterocycles. The molecule has 4 N–H and O–H groups in total. The number of ketones is 3. The van der Waals surface area contributed by atoms with Gasteiger partial charge in [0.2, 0.25) is 5.79 Å². The molecule has 21 heteroatoms. The van der Waals surface area contributed by atoms with Crippen molar-refractivity contribution in [2.75, 3.05) is 113 Å². The quantitative estimate of drug-likeness (QED) is 0.0353. The van der Waals surface area contributed by atoms with Crippen LogP contribution >= 0.6 is 0 Å². The Morgan fingerprint density at radius 3 is 1.92 bits per heavy atom. The van der Waals surface area contributed by atoms with Crippen LogP contribution in [0.5, 0.6) is 0 Å². The Morgan fingerprint density at radius 1 is 0.706 bits per heavy atom. The fourth-order valence-corrected chi connectivity index (χ4v) is 11.5. The summed E-state index contributed by atoms with van der Waals surface area (Å²) in [7, 11) is 2.93. The van der Waals surface area contributed by atoms with Crippen LogP contribution in [0.2, 0.25) is 0 Å². The lowest BCUT2D eigenvalue weighted by atomic mass is 9.78. The first-order chi connectivity index (χ1) is 40.7. The van der Waals surface area contributed by atoms with Crippen molar-refractivity contribution in [2.45, 2.75) is 180 Å². The normalized spacial score (nSPS) is 33.7. The van der Waals surface area contributed by atoms with Crippen molar-refractivity contribution in [3.63, 3.8) is 0 Å². The SMILES string of the molecule is CO[C@@H]1C[C@H](C[C@@H](C)[C@@H]2CC(=O)[C@H](C)/C=C(\C)[C@@H](O)[C@@H](OC)C(=O)[C@H](C)C[C@H](C)/C=C/C=C/C=C(\C)[C@H](OCCOCCOCCOCCOCCOCCOCCO)C[C@@H]3CC[C@@H](C)[C@@](O)(O3)C(=O)C(=O)N3CCCC[C@H]3C(=O)O2)CC[C@H]1O. The Labute approximate surface area is 505 Å². The smallest absolute Gasteiger partial charge is 0.329 e. The van der Waals surface area contributed by atoms with Gasteiger partial charge in [-0.25, -0.2) is 4.79 Å². The van der Waals surface area contributed by atoms with E-state index >= 15 is 0 Å². The van der Waals surface area contributed by atoms with Crippen molar-refractivity contribution in [1.82, 2.24) is 4.90 Å². The second kappa shape index (κ2) is 40.1. The highest BCUT2D eigenvalue weighted by molar-refractivity contribution is 6.39. The number of rotatable bonds is 26. The van der Waals surface area contributed by atoms with E-state index in [1.54, 1.807) is 40.9 Å². The topological polar surface area (TPSA) is 271 Å². The van der Waals surface area contributed by atoms with Crippen molar-refractivity contribution in [3.05, 3.63) is 47.6 Å². The van der Waals surface area contributed by atoms with Crippen molar-refractivity contribution < 1.29 is 96.5 Å². The highest BCUT2D eigenvalue weighted by atomic mass is 16.6. The standard InChI is InChI=1S/C64H105NO20/c1-43-15-11-10-12-16-44(2)55(83-36-35-82-34-33-81-32-31-80-30-29-79-28-27-78-26-25-77-24-23-66)41-51-20-18-49(7)64(74,85-51)61(71)62(72)65-22-14-13-17-52(65)63(73)84-56(46(4)39-50-19-21-53(67)57(40-50)75-8)42-54(68)45(3)38-48(6)59(70)60(76-9)58(69)47(5)37-43/h10-12,15-16,38,43,45-47,49-53,55-57,59-60,66-67,70,74H,13-14,17-37,39-42H2,1-9H3/b12-10+,15-11+,44-16+,48-38+/t43-,45-,46-,47-,49-,50+,51+,52+,53-,55-,56+,57-,59-,60+,64-/m1/s1. The monoisotopic (exact) mass is 1210 g/mol. The number of aliphatic hydroxyl groups excluding tert-OH is 3. The van der Waals surface area contributed by atoms with Crippen molar-refractivity contribution in [3.8, 4) is 0 Å². The summed E-state index contributed by atoms with van der Waals surface area (Å²) in [6, 6.07) is -1.18. The van der Waals surface area contributed by atoms with E-state index < -0.39 is 83.9 Å². The zero-order valence-corrected chi connectivity index (χ0v) is 52.4. The van der Waals surface area contributed by atoms with Crippen LogP contribution in [-0.2, 0) is 76.1 Å². The van der Waals surface area contributed by atoms with E-state index in [2.05, 4.69) is 0 Å². The molecule has 0 unspecified atom stereocenters. The number of esters is 1. The molecule has 4 aliphatic rings. The second-order valence-corrected chi connectivity index (χ2v) is 23.6. The highest BCUT2D eigenvalue weighted by Crippen LogP contribution is 2.38. The molecule has 1 aliphatic carbocycles.